The summed E-state index contributed by atoms with van der Waals surface area (Å²) in [6.07, 6.45) is 0.647. The summed E-state index contributed by atoms with van der Waals surface area (Å²) in [5, 5.41) is 14.4. The number of hydrogen-bond acceptors (Lipinski definition) is 8. The minimum absolute atomic E-state index is 0.0346. The average Bonchev–Trinajstić information content (AvgIpc) is 2.82. The molecule has 1 aliphatic rings. The fourth-order valence-electron chi connectivity index (χ4n) is 3.96. The van der Waals surface area contributed by atoms with Crippen molar-refractivity contribution >= 4 is 38.4 Å². The Morgan fingerprint density at radius 2 is 1.92 bits per heavy atom. The number of benzene rings is 2. The maximum atomic E-state index is 13.7. The summed E-state index contributed by atoms with van der Waals surface area (Å²) in [5.74, 6) is -0.988. The van der Waals surface area contributed by atoms with Crippen LogP contribution in [0.2, 0.25) is 0 Å². The third-order valence-corrected chi connectivity index (χ3v) is 7.01. The number of esters is 1. The van der Waals surface area contributed by atoms with Gasteiger partial charge in [0.05, 0.1) is 23.2 Å². The molecule has 0 unspecified atom stereocenters. The lowest BCUT2D eigenvalue weighted by molar-refractivity contribution is -0.145. The summed E-state index contributed by atoms with van der Waals surface area (Å²) in [6.45, 7) is 5.78. The van der Waals surface area contributed by atoms with E-state index in [1.54, 1.807) is 43.3 Å². The molecule has 11 heteroatoms. The molecule has 4 rings (SSSR count). The van der Waals surface area contributed by atoms with E-state index in [-0.39, 0.29) is 45.6 Å². The number of fused-ring (bicyclic) bond motifs is 2. The molecule has 0 amide bonds. The second kappa shape index (κ2) is 10.0. The fraction of sp³-hybridized carbons (Fsp3) is 0.320. The van der Waals surface area contributed by atoms with Crippen molar-refractivity contribution in [1.82, 2.24) is 4.57 Å². The topological polar surface area (TPSA) is 136 Å². The Labute approximate surface area is 208 Å². The molecule has 10 nitrogen and oxygen atoms in total. The molecule has 36 heavy (non-hydrogen) atoms. The van der Waals surface area contributed by atoms with Crippen LogP contribution in [0.5, 0.6) is 11.5 Å². The molecule has 0 spiro atoms. The summed E-state index contributed by atoms with van der Waals surface area (Å²) in [7, 11) is -4.13. The monoisotopic (exact) mass is 513 g/mol. The number of rotatable bonds is 8. The zero-order valence-corrected chi connectivity index (χ0v) is 21.0. The van der Waals surface area contributed by atoms with Gasteiger partial charge in [0.25, 0.3) is 15.6 Å². The zero-order valence-electron chi connectivity index (χ0n) is 20.1. The second-order valence-electron chi connectivity index (χ2n) is 8.64. The van der Waals surface area contributed by atoms with Crippen LogP contribution in [0.3, 0.4) is 0 Å². The van der Waals surface area contributed by atoms with Crippen LogP contribution in [0.15, 0.2) is 56.6 Å². The van der Waals surface area contributed by atoms with E-state index < -0.39 is 33.9 Å². The van der Waals surface area contributed by atoms with Crippen LogP contribution in [0.25, 0.3) is 10.9 Å². The first-order valence-electron chi connectivity index (χ1n) is 11.5. The Morgan fingerprint density at radius 1 is 1.17 bits per heavy atom. The van der Waals surface area contributed by atoms with Gasteiger partial charge in [0.2, 0.25) is 0 Å². The number of carbonyl (C=O) groups excluding carboxylic acids is 1. The highest BCUT2D eigenvalue weighted by atomic mass is 32.2. The number of hydrogen-bond donors (Lipinski definition) is 2. The molecule has 0 saturated carbocycles. The molecule has 0 saturated heterocycles. The summed E-state index contributed by atoms with van der Waals surface area (Å²) in [5.41, 5.74) is -0.301. The quantitative estimate of drug-likeness (QED) is 0.438. The number of aryl methyl sites for hydroxylation is 1. The van der Waals surface area contributed by atoms with Crippen LogP contribution in [0.4, 0.5) is 5.69 Å². The predicted octanol–water partition coefficient (Wildman–Crippen LogP) is 3.26. The molecule has 0 atom stereocenters. The molecule has 190 valence electrons. The average molecular weight is 514 g/mol. The number of pyridine rings is 1. The van der Waals surface area contributed by atoms with Gasteiger partial charge in [0, 0.05) is 6.54 Å². The van der Waals surface area contributed by atoms with Crippen LogP contribution in [0, 0.1) is 5.92 Å². The van der Waals surface area contributed by atoms with Gasteiger partial charge in [0.15, 0.2) is 12.4 Å². The Bertz CT molecular complexity index is 1520. The number of anilines is 1. The second-order valence-corrected chi connectivity index (χ2v) is 10.2. The standard InChI is InChI=1S/C25H27N3O7S/c1-4-34-20(29)14-35-18-10-7-9-17-21(18)23(30)22(25(31)28(17)13-12-15(2)3)24-26-16-8-5-6-11-19(16)36(32,33)27-24/h5-11,15,30H,4,12-14H2,1-3H3,(H,26,27). The molecule has 0 radical (unpaired) electrons. The van der Waals surface area contributed by atoms with Crippen molar-refractivity contribution in [3.05, 3.63) is 58.4 Å². The van der Waals surface area contributed by atoms with Gasteiger partial charge in [-0.05, 0) is 43.5 Å². The Morgan fingerprint density at radius 3 is 2.64 bits per heavy atom. The normalized spacial score (nSPS) is 14.2. The molecule has 2 heterocycles. The lowest BCUT2D eigenvalue weighted by atomic mass is 10.1. The van der Waals surface area contributed by atoms with E-state index in [0.29, 0.717) is 18.5 Å². The molecule has 1 aromatic heterocycles. The lowest BCUT2D eigenvalue weighted by Gasteiger charge is -2.21. The van der Waals surface area contributed by atoms with Gasteiger partial charge in [-0.3, -0.25) is 4.79 Å². The summed E-state index contributed by atoms with van der Waals surface area (Å²) >= 11 is 0. The van der Waals surface area contributed by atoms with Gasteiger partial charge in [-0.1, -0.05) is 32.0 Å². The number of para-hydroxylation sites is 1. The van der Waals surface area contributed by atoms with Crippen molar-refractivity contribution in [2.24, 2.45) is 10.3 Å². The van der Waals surface area contributed by atoms with Gasteiger partial charge in [0.1, 0.15) is 22.0 Å². The van der Waals surface area contributed by atoms with E-state index in [0.717, 1.165) is 0 Å². The summed E-state index contributed by atoms with van der Waals surface area (Å²) < 4.78 is 41.5. The minimum atomic E-state index is -4.13. The fourth-order valence-corrected chi connectivity index (χ4v) is 5.08. The van der Waals surface area contributed by atoms with Crippen LogP contribution < -0.4 is 15.6 Å². The third-order valence-electron chi connectivity index (χ3n) is 5.67. The van der Waals surface area contributed by atoms with Crippen LogP contribution >= 0.6 is 0 Å². The van der Waals surface area contributed by atoms with Crippen molar-refractivity contribution in [2.45, 2.75) is 38.6 Å². The number of aromatic nitrogens is 1. The molecule has 0 aliphatic carbocycles. The highest BCUT2D eigenvalue weighted by Gasteiger charge is 2.30. The molecule has 3 aromatic rings. The van der Waals surface area contributed by atoms with E-state index >= 15 is 0 Å². The maximum Gasteiger partial charge on any atom is 0.344 e. The Hall–Kier alpha value is -3.86. The van der Waals surface area contributed by atoms with Crippen molar-refractivity contribution in [2.75, 3.05) is 18.5 Å². The first-order chi connectivity index (χ1) is 17.1. The minimum Gasteiger partial charge on any atom is -0.506 e. The van der Waals surface area contributed by atoms with Crippen molar-refractivity contribution in [3.8, 4) is 11.5 Å². The van der Waals surface area contributed by atoms with Gasteiger partial charge < -0.3 is 24.5 Å². The van der Waals surface area contributed by atoms with E-state index in [1.807, 2.05) is 13.8 Å². The first-order valence-corrected chi connectivity index (χ1v) is 13.0. The lowest BCUT2D eigenvalue weighted by Crippen LogP contribution is -2.33. The largest absolute Gasteiger partial charge is 0.506 e. The highest BCUT2D eigenvalue weighted by molar-refractivity contribution is 7.90. The van der Waals surface area contributed by atoms with Crippen LogP contribution in [-0.2, 0) is 26.1 Å². The Balaban J connectivity index is 1.94. The third kappa shape index (κ3) is 4.78. The zero-order chi connectivity index (χ0) is 26.0. The number of carbonyl (C=O) groups is 1. The SMILES string of the molecule is CCOC(=O)COc1cccc2c1c(O)c(C1=NS(=O)(=O)c3ccccc3N1)c(=O)n2CCC(C)C. The molecule has 1 aliphatic heterocycles. The van der Waals surface area contributed by atoms with Crippen molar-refractivity contribution in [3.63, 3.8) is 0 Å². The number of ether oxygens (including phenoxy) is 2. The van der Waals surface area contributed by atoms with Gasteiger partial charge in [-0.15, -0.1) is 4.40 Å². The molecule has 2 N–H and O–H groups in total. The summed E-state index contributed by atoms with van der Waals surface area (Å²) in [6, 6.07) is 11.0. The number of nitrogens with zero attached hydrogens (tertiary/aromatic N) is 2. The molecule has 0 fully saturated rings. The molecular formula is C25H27N3O7S. The van der Waals surface area contributed by atoms with Gasteiger partial charge in [-0.2, -0.15) is 8.42 Å². The number of amidine groups is 1. The number of aromatic hydroxyl groups is 1. The van der Waals surface area contributed by atoms with E-state index in [1.165, 1.54) is 10.6 Å². The number of sulfonamides is 1. The summed E-state index contributed by atoms with van der Waals surface area (Å²) in [4.78, 5) is 25.5. The van der Waals surface area contributed by atoms with E-state index in [4.69, 9.17) is 9.47 Å². The van der Waals surface area contributed by atoms with Crippen molar-refractivity contribution < 1.29 is 27.8 Å². The van der Waals surface area contributed by atoms with Crippen LogP contribution in [0.1, 0.15) is 32.8 Å². The van der Waals surface area contributed by atoms with Gasteiger partial charge >= 0.3 is 5.97 Å². The molecular weight excluding hydrogens is 486 g/mol. The number of nitrogens with one attached hydrogen (secondary N) is 1. The molecule has 0 bridgehead atoms. The van der Waals surface area contributed by atoms with Crippen LogP contribution in [-0.4, -0.2) is 43.1 Å². The smallest absolute Gasteiger partial charge is 0.344 e. The van der Waals surface area contributed by atoms with E-state index in [9.17, 15) is 23.1 Å². The Kier molecular flexibility index (Phi) is 7.02. The molecule has 2 aromatic carbocycles. The first kappa shape index (κ1) is 25.2. The van der Waals surface area contributed by atoms with Gasteiger partial charge in [-0.25, -0.2) is 4.79 Å². The van der Waals surface area contributed by atoms with Crippen molar-refractivity contribution in [1.29, 1.82) is 0 Å². The highest BCUT2D eigenvalue weighted by Crippen LogP contribution is 2.37. The van der Waals surface area contributed by atoms with E-state index in [2.05, 4.69) is 9.71 Å². The predicted molar refractivity (Wildman–Crippen MR) is 135 cm³/mol. The maximum absolute atomic E-state index is 13.7.